The standard InChI is InChI=1S/C16H16N4O2S2/c1-10-4-3-5-12(6-10)17-14(21)9-23-8-13-7-15(22)20-16(18-13)24-11(2)19-20/h3-7H,8-9H2,1-2H3,(H,17,21). The highest BCUT2D eigenvalue weighted by Gasteiger charge is 2.08. The number of carbonyl (C=O) groups is 1. The second-order valence-electron chi connectivity index (χ2n) is 5.31. The molecule has 0 bridgehead atoms. The molecule has 2 aromatic heterocycles. The lowest BCUT2D eigenvalue weighted by Crippen LogP contribution is -2.16. The number of carbonyl (C=O) groups excluding carboxylic acids is 1. The predicted molar refractivity (Wildman–Crippen MR) is 97.8 cm³/mol. The van der Waals surface area contributed by atoms with Crippen LogP contribution in [0.3, 0.4) is 0 Å². The number of fused-ring (bicyclic) bond motifs is 1. The van der Waals surface area contributed by atoms with Gasteiger partial charge >= 0.3 is 0 Å². The summed E-state index contributed by atoms with van der Waals surface area (Å²) in [5, 5.41) is 7.76. The minimum Gasteiger partial charge on any atom is -0.325 e. The number of benzene rings is 1. The molecule has 0 atom stereocenters. The number of hydrogen-bond donors (Lipinski definition) is 1. The fourth-order valence-electron chi connectivity index (χ4n) is 2.19. The van der Waals surface area contributed by atoms with Gasteiger partial charge in [0.1, 0.15) is 5.01 Å². The molecule has 0 aliphatic rings. The molecule has 0 aliphatic carbocycles. The average Bonchev–Trinajstić information content (AvgIpc) is 2.88. The van der Waals surface area contributed by atoms with Crippen molar-refractivity contribution in [1.82, 2.24) is 14.6 Å². The van der Waals surface area contributed by atoms with Crippen LogP contribution in [0.5, 0.6) is 0 Å². The lowest BCUT2D eigenvalue weighted by atomic mass is 10.2. The van der Waals surface area contributed by atoms with Gasteiger partial charge in [0.05, 0.1) is 11.4 Å². The van der Waals surface area contributed by atoms with E-state index in [9.17, 15) is 9.59 Å². The Morgan fingerprint density at radius 1 is 1.33 bits per heavy atom. The Morgan fingerprint density at radius 2 is 2.17 bits per heavy atom. The summed E-state index contributed by atoms with van der Waals surface area (Å²) >= 11 is 2.80. The fraction of sp³-hybridized carbons (Fsp3) is 0.250. The molecule has 24 heavy (non-hydrogen) atoms. The van der Waals surface area contributed by atoms with Crippen molar-refractivity contribution >= 4 is 39.7 Å². The van der Waals surface area contributed by atoms with Crippen LogP contribution in [0.1, 0.15) is 16.3 Å². The number of hydrogen-bond acceptors (Lipinski definition) is 6. The van der Waals surface area contributed by atoms with Gasteiger partial charge in [-0.25, -0.2) is 4.98 Å². The lowest BCUT2D eigenvalue weighted by molar-refractivity contribution is -0.113. The SMILES string of the molecule is Cc1cccc(NC(=O)CSCc2cc(=O)n3nc(C)sc3n2)c1. The molecule has 0 saturated heterocycles. The van der Waals surface area contributed by atoms with E-state index in [0.29, 0.717) is 22.2 Å². The normalized spacial score (nSPS) is 10.9. The summed E-state index contributed by atoms with van der Waals surface area (Å²) in [6.07, 6.45) is 0. The molecule has 124 valence electrons. The quantitative estimate of drug-likeness (QED) is 0.757. The number of rotatable bonds is 5. The Bertz CT molecular complexity index is 949. The summed E-state index contributed by atoms with van der Waals surface area (Å²) in [5.41, 5.74) is 2.36. The fourth-order valence-corrected chi connectivity index (χ4v) is 3.68. The van der Waals surface area contributed by atoms with E-state index in [4.69, 9.17) is 0 Å². The van der Waals surface area contributed by atoms with Gasteiger partial charge in [0.2, 0.25) is 10.9 Å². The van der Waals surface area contributed by atoms with Crippen LogP contribution in [0.2, 0.25) is 0 Å². The van der Waals surface area contributed by atoms with Crippen LogP contribution in [0.15, 0.2) is 35.1 Å². The maximum Gasteiger partial charge on any atom is 0.275 e. The van der Waals surface area contributed by atoms with Crippen molar-refractivity contribution in [2.45, 2.75) is 19.6 Å². The van der Waals surface area contributed by atoms with Crippen LogP contribution in [-0.4, -0.2) is 26.3 Å². The number of amides is 1. The Hall–Kier alpha value is -2.19. The lowest BCUT2D eigenvalue weighted by Gasteiger charge is -2.05. The van der Waals surface area contributed by atoms with Crippen LogP contribution >= 0.6 is 23.1 Å². The zero-order valence-electron chi connectivity index (χ0n) is 13.3. The number of nitrogens with one attached hydrogen (secondary N) is 1. The van der Waals surface area contributed by atoms with Gasteiger partial charge in [-0.15, -0.1) is 11.8 Å². The van der Waals surface area contributed by atoms with Crippen molar-refractivity contribution in [2.75, 3.05) is 11.1 Å². The first-order valence-electron chi connectivity index (χ1n) is 7.32. The van der Waals surface area contributed by atoms with E-state index < -0.39 is 0 Å². The molecule has 0 radical (unpaired) electrons. The molecule has 1 aromatic carbocycles. The van der Waals surface area contributed by atoms with Gasteiger partial charge in [0, 0.05) is 17.5 Å². The van der Waals surface area contributed by atoms with E-state index in [1.165, 1.54) is 33.7 Å². The summed E-state index contributed by atoms with van der Waals surface area (Å²) < 4.78 is 1.30. The van der Waals surface area contributed by atoms with Crippen molar-refractivity contribution in [1.29, 1.82) is 0 Å². The molecule has 3 rings (SSSR count). The Morgan fingerprint density at radius 3 is 2.96 bits per heavy atom. The smallest absolute Gasteiger partial charge is 0.275 e. The number of anilines is 1. The van der Waals surface area contributed by atoms with Crippen LogP contribution in [0, 0.1) is 13.8 Å². The summed E-state index contributed by atoms with van der Waals surface area (Å²) in [6, 6.07) is 9.13. The molecule has 2 heterocycles. The molecule has 0 aliphatic heterocycles. The molecule has 1 N–H and O–H groups in total. The third-order valence-electron chi connectivity index (χ3n) is 3.18. The van der Waals surface area contributed by atoms with E-state index in [-0.39, 0.29) is 11.5 Å². The minimum atomic E-state index is -0.191. The number of nitrogens with zero attached hydrogens (tertiary/aromatic N) is 3. The molecule has 6 nitrogen and oxygen atoms in total. The number of aromatic nitrogens is 3. The zero-order chi connectivity index (χ0) is 17.1. The molecule has 8 heteroatoms. The number of thioether (sulfide) groups is 1. The molecule has 0 fully saturated rings. The molecule has 0 spiro atoms. The number of aryl methyl sites for hydroxylation is 2. The second kappa shape index (κ2) is 7.14. The topological polar surface area (TPSA) is 76.4 Å². The van der Waals surface area contributed by atoms with Crippen molar-refractivity contribution < 1.29 is 4.79 Å². The maximum absolute atomic E-state index is 12.0. The molecule has 0 unspecified atom stereocenters. The van der Waals surface area contributed by atoms with Gasteiger partial charge in [-0.05, 0) is 31.5 Å². The van der Waals surface area contributed by atoms with Crippen molar-refractivity contribution in [3.8, 4) is 0 Å². The average molecular weight is 360 g/mol. The molecule has 3 aromatic rings. The van der Waals surface area contributed by atoms with Gasteiger partial charge in [-0.1, -0.05) is 23.5 Å². The van der Waals surface area contributed by atoms with Crippen molar-refractivity contribution in [3.63, 3.8) is 0 Å². The highest BCUT2D eigenvalue weighted by atomic mass is 32.2. The largest absolute Gasteiger partial charge is 0.325 e. The predicted octanol–water partition coefficient (Wildman–Crippen LogP) is 2.64. The molecule has 0 saturated carbocycles. The van der Waals surface area contributed by atoms with Gasteiger partial charge in [0.25, 0.3) is 5.56 Å². The second-order valence-corrected chi connectivity index (χ2v) is 7.46. The highest BCUT2D eigenvalue weighted by Crippen LogP contribution is 2.15. The van der Waals surface area contributed by atoms with E-state index >= 15 is 0 Å². The Kier molecular flexibility index (Phi) is 4.96. The summed E-state index contributed by atoms with van der Waals surface area (Å²) in [4.78, 5) is 28.9. The molecular formula is C16H16N4O2S2. The van der Waals surface area contributed by atoms with Crippen LogP contribution in [-0.2, 0) is 10.5 Å². The summed E-state index contributed by atoms with van der Waals surface area (Å²) in [7, 11) is 0. The van der Waals surface area contributed by atoms with Gasteiger partial charge in [-0.3, -0.25) is 9.59 Å². The first-order chi connectivity index (χ1) is 11.5. The first kappa shape index (κ1) is 16.7. The van der Waals surface area contributed by atoms with Gasteiger partial charge in [0.15, 0.2) is 0 Å². The highest BCUT2D eigenvalue weighted by molar-refractivity contribution is 7.99. The Labute approximate surface area is 146 Å². The van der Waals surface area contributed by atoms with E-state index in [0.717, 1.165) is 16.3 Å². The molecular weight excluding hydrogens is 344 g/mol. The molecule has 1 amide bonds. The van der Waals surface area contributed by atoms with E-state index in [2.05, 4.69) is 15.4 Å². The van der Waals surface area contributed by atoms with Crippen LogP contribution in [0.4, 0.5) is 5.69 Å². The van der Waals surface area contributed by atoms with E-state index in [1.54, 1.807) is 0 Å². The summed E-state index contributed by atoms with van der Waals surface area (Å²) in [6.45, 7) is 3.81. The van der Waals surface area contributed by atoms with Gasteiger partial charge in [-0.2, -0.15) is 9.61 Å². The van der Waals surface area contributed by atoms with Crippen LogP contribution < -0.4 is 10.9 Å². The maximum atomic E-state index is 12.0. The third kappa shape index (κ3) is 4.01. The Balaban J connectivity index is 1.58. The third-order valence-corrected chi connectivity index (χ3v) is 4.97. The zero-order valence-corrected chi connectivity index (χ0v) is 14.9. The van der Waals surface area contributed by atoms with Crippen molar-refractivity contribution in [2.24, 2.45) is 0 Å². The monoisotopic (exact) mass is 360 g/mol. The van der Waals surface area contributed by atoms with E-state index in [1.807, 2.05) is 38.1 Å². The van der Waals surface area contributed by atoms with Crippen LogP contribution in [0.25, 0.3) is 4.96 Å². The first-order valence-corrected chi connectivity index (χ1v) is 9.29. The van der Waals surface area contributed by atoms with Gasteiger partial charge < -0.3 is 5.32 Å². The summed E-state index contributed by atoms with van der Waals surface area (Å²) in [5.74, 6) is 0.734. The van der Waals surface area contributed by atoms with Crippen molar-refractivity contribution in [3.05, 3.63) is 57.0 Å². The minimum absolute atomic E-state index is 0.0722.